The molecular weight excluding hydrogens is 230 g/mol. The van der Waals surface area contributed by atoms with E-state index in [1.807, 2.05) is 17.5 Å². The van der Waals surface area contributed by atoms with Gasteiger partial charge >= 0.3 is 0 Å². The zero-order valence-corrected chi connectivity index (χ0v) is 11.3. The molecule has 2 rings (SSSR count). The van der Waals surface area contributed by atoms with Crippen molar-refractivity contribution in [1.82, 2.24) is 4.90 Å². The fourth-order valence-corrected chi connectivity index (χ4v) is 2.90. The minimum Gasteiger partial charge on any atom is -0.300 e. The monoisotopic (exact) mass is 251 g/mol. The second-order valence-corrected chi connectivity index (χ2v) is 5.72. The number of carbonyl (C=O) groups excluding carboxylic acids is 1. The van der Waals surface area contributed by atoms with E-state index in [9.17, 15) is 4.79 Å². The Hall–Kier alpha value is -0.670. The lowest BCUT2D eigenvalue weighted by Gasteiger charge is -2.20. The second-order valence-electron chi connectivity index (χ2n) is 4.77. The zero-order valence-electron chi connectivity index (χ0n) is 10.5. The van der Waals surface area contributed by atoms with Crippen LogP contribution in [0, 0.1) is 0 Å². The van der Waals surface area contributed by atoms with Gasteiger partial charge < -0.3 is 4.90 Å². The number of ketones is 1. The molecule has 1 heterocycles. The molecule has 1 aromatic rings. The van der Waals surface area contributed by atoms with Crippen LogP contribution in [0.2, 0.25) is 0 Å². The van der Waals surface area contributed by atoms with Crippen LogP contribution in [-0.4, -0.2) is 29.8 Å². The van der Waals surface area contributed by atoms with E-state index in [-0.39, 0.29) is 0 Å². The highest BCUT2D eigenvalue weighted by atomic mass is 32.1. The molecule has 0 aromatic carbocycles. The molecule has 0 amide bonds. The molecule has 0 unspecified atom stereocenters. The first kappa shape index (κ1) is 12.8. The highest BCUT2D eigenvalue weighted by Crippen LogP contribution is 2.27. The van der Waals surface area contributed by atoms with Crippen molar-refractivity contribution in [2.75, 3.05) is 13.1 Å². The summed E-state index contributed by atoms with van der Waals surface area (Å²) in [4.78, 5) is 15.3. The summed E-state index contributed by atoms with van der Waals surface area (Å²) in [5, 5.41) is 1.97. The van der Waals surface area contributed by atoms with Gasteiger partial charge in [-0.25, -0.2) is 0 Å². The molecule has 0 atom stereocenters. The fraction of sp³-hybridized carbons (Fsp3) is 0.643. The van der Waals surface area contributed by atoms with E-state index in [2.05, 4.69) is 11.8 Å². The van der Waals surface area contributed by atoms with Crippen LogP contribution in [0.4, 0.5) is 0 Å². The van der Waals surface area contributed by atoms with E-state index in [0.717, 1.165) is 23.9 Å². The largest absolute Gasteiger partial charge is 0.300 e. The zero-order chi connectivity index (χ0) is 12.1. The van der Waals surface area contributed by atoms with E-state index >= 15 is 0 Å². The average Bonchev–Trinajstić information content (AvgIpc) is 3.02. The predicted octanol–water partition coefficient (Wildman–Crippen LogP) is 3.59. The van der Waals surface area contributed by atoms with Crippen LogP contribution in [0.25, 0.3) is 0 Å². The SMILES string of the molecule is CCCN(CCCC(=O)c1cccs1)C1CC1. The third kappa shape index (κ3) is 3.93. The molecule has 0 bridgehead atoms. The molecule has 3 heteroatoms. The molecule has 2 nitrogen and oxygen atoms in total. The topological polar surface area (TPSA) is 20.3 Å². The third-order valence-corrected chi connectivity index (χ3v) is 4.13. The Morgan fingerprint density at radius 1 is 1.47 bits per heavy atom. The Bertz CT molecular complexity index is 343. The van der Waals surface area contributed by atoms with Gasteiger partial charge in [0.2, 0.25) is 0 Å². The molecule has 1 aromatic heterocycles. The summed E-state index contributed by atoms with van der Waals surface area (Å²) in [7, 11) is 0. The van der Waals surface area contributed by atoms with E-state index in [4.69, 9.17) is 0 Å². The molecule has 1 fully saturated rings. The first-order valence-corrected chi connectivity index (χ1v) is 7.50. The predicted molar refractivity (Wildman–Crippen MR) is 72.8 cm³/mol. The highest BCUT2D eigenvalue weighted by Gasteiger charge is 2.27. The van der Waals surface area contributed by atoms with Crippen molar-refractivity contribution < 1.29 is 4.79 Å². The van der Waals surface area contributed by atoms with Crippen LogP contribution in [-0.2, 0) is 0 Å². The van der Waals surface area contributed by atoms with E-state index in [1.165, 1.54) is 25.8 Å². The number of hydrogen-bond donors (Lipinski definition) is 0. The summed E-state index contributed by atoms with van der Waals surface area (Å²) in [5.74, 6) is 0.312. The molecular formula is C14H21NOS. The maximum Gasteiger partial charge on any atom is 0.172 e. The van der Waals surface area contributed by atoms with Gasteiger partial charge in [0.15, 0.2) is 5.78 Å². The molecule has 1 saturated carbocycles. The number of thiophene rings is 1. The number of Topliss-reactive ketones (excluding diaryl/α,β-unsaturated/α-hetero) is 1. The number of nitrogens with zero attached hydrogens (tertiary/aromatic N) is 1. The van der Waals surface area contributed by atoms with Crippen molar-refractivity contribution in [2.45, 2.75) is 45.1 Å². The standard InChI is InChI=1S/C14H21NOS/c1-2-9-15(12-7-8-12)10-3-5-13(16)14-6-4-11-17-14/h4,6,11-12H,2-3,5,7-10H2,1H3. The van der Waals surface area contributed by atoms with Crippen LogP contribution in [0.5, 0.6) is 0 Å². The van der Waals surface area contributed by atoms with Gasteiger partial charge in [-0.2, -0.15) is 0 Å². The van der Waals surface area contributed by atoms with Crippen molar-refractivity contribution in [3.05, 3.63) is 22.4 Å². The van der Waals surface area contributed by atoms with Crippen LogP contribution in [0.3, 0.4) is 0 Å². The van der Waals surface area contributed by atoms with Gasteiger partial charge in [-0.3, -0.25) is 4.79 Å². The van der Waals surface area contributed by atoms with Crippen LogP contribution in [0.15, 0.2) is 17.5 Å². The number of hydrogen-bond acceptors (Lipinski definition) is 3. The maximum atomic E-state index is 11.8. The number of carbonyl (C=O) groups is 1. The van der Waals surface area contributed by atoms with Gasteiger partial charge in [0.05, 0.1) is 4.88 Å². The van der Waals surface area contributed by atoms with Crippen molar-refractivity contribution in [3.8, 4) is 0 Å². The van der Waals surface area contributed by atoms with Gasteiger partial charge in [-0.15, -0.1) is 11.3 Å². The van der Waals surface area contributed by atoms with Crippen molar-refractivity contribution in [2.24, 2.45) is 0 Å². The molecule has 94 valence electrons. The Morgan fingerprint density at radius 2 is 2.29 bits per heavy atom. The second kappa shape index (κ2) is 6.31. The average molecular weight is 251 g/mol. The van der Waals surface area contributed by atoms with Gasteiger partial charge in [-0.1, -0.05) is 13.0 Å². The van der Waals surface area contributed by atoms with Crippen LogP contribution < -0.4 is 0 Å². The summed E-state index contributed by atoms with van der Waals surface area (Å²) >= 11 is 1.56. The number of rotatable bonds is 8. The van der Waals surface area contributed by atoms with Crippen molar-refractivity contribution in [3.63, 3.8) is 0 Å². The lowest BCUT2D eigenvalue weighted by Crippen LogP contribution is -2.28. The first-order chi connectivity index (χ1) is 8.31. The Balaban J connectivity index is 1.69. The summed E-state index contributed by atoms with van der Waals surface area (Å²) in [6.45, 7) is 4.51. The summed E-state index contributed by atoms with van der Waals surface area (Å²) in [5.41, 5.74) is 0. The van der Waals surface area contributed by atoms with E-state index in [0.29, 0.717) is 12.2 Å². The minimum absolute atomic E-state index is 0.312. The third-order valence-electron chi connectivity index (χ3n) is 3.22. The first-order valence-electron chi connectivity index (χ1n) is 6.62. The maximum absolute atomic E-state index is 11.8. The van der Waals surface area contributed by atoms with Crippen molar-refractivity contribution >= 4 is 17.1 Å². The quantitative estimate of drug-likeness (QED) is 0.658. The molecule has 0 radical (unpaired) electrons. The molecule has 0 N–H and O–H groups in total. The fourth-order valence-electron chi connectivity index (χ4n) is 2.21. The minimum atomic E-state index is 0.312. The molecule has 1 aliphatic rings. The van der Waals surface area contributed by atoms with Gasteiger partial charge in [-0.05, 0) is 50.2 Å². The van der Waals surface area contributed by atoms with E-state index in [1.54, 1.807) is 11.3 Å². The molecule has 0 spiro atoms. The Morgan fingerprint density at radius 3 is 2.88 bits per heavy atom. The summed E-state index contributed by atoms with van der Waals surface area (Å²) in [6, 6.07) is 4.70. The molecule has 0 aliphatic heterocycles. The van der Waals surface area contributed by atoms with Crippen LogP contribution >= 0.6 is 11.3 Å². The highest BCUT2D eigenvalue weighted by molar-refractivity contribution is 7.12. The van der Waals surface area contributed by atoms with Crippen molar-refractivity contribution in [1.29, 1.82) is 0 Å². The summed E-state index contributed by atoms with van der Waals surface area (Å²) in [6.07, 6.45) is 5.65. The molecule has 1 aliphatic carbocycles. The lowest BCUT2D eigenvalue weighted by atomic mass is 10.2. The Labute approximate surface area is 108 Å². The van der Waals surface area contributed by atoms with Gasteiger partial charge in [0, 0.05) is 12.5 Å². The summed E-state index contributed by atoms with van der Waals surface area (Å²) < 4.78 is 0. The van der Waals surface area contributed by atoms with Crippen LogP contribution in [0.1, 0.15) is 48.7 Å². The normalized spacial score (nSPS) is 15.4. The van der Waals surface area contributed by atoms with Gasteiger partial charge in [0.1, 0.15) is 0 Å². The smallest absolute Gasteiger partial charge is 0.172 e. The lowest BCUT2D eigenvalue weighted by molar-refractivity contribution is 0.0978. The molecule has 17 heavy (non-hydrogen) atoms. The van der Waals surface area contributed by atoms with Gasteiger partial charge in [0.25, 0.3) is 0 Å². The Kier molecular flexibility index (Phi) is 4.75. The molecule has 0 saturated heterocycles. The van der Waals surface area contributed by atoms with E-state index < -0.39 is 0 Å².